The maximum absolute atomic E-state index is 5.74. The molecule has 3 N–H and O–H groups in total. The Morgan fingerprint density at radius 3 is 2.45 bits per heavy atom. The summed E-state index contributed by atoms with van der Waals surface area (Å²) < 4.78 is 0. The quantitative estimate of drug-likeness (QED) is 0.640. The van der Waals surface area contributed by atoms with Crippen LogP contribution < -0.4 is 11.1 Å². The highest BCUT2D eigenvalue weighted by atomic mass is 14.9. The second-order valence-electron chi connectivity index (χ2n) is 3.87. The van der Waals surface area contributed by atoms with E-state index in [0.29, 0.717) is 12.0 Å². The Hall–Kier alpha value is -0.0800. The SMILES string of the molecule is CC(N)C(C)CNC1CCC1. The van der Waals surface area contributed by atoms with Gasteiger partial charge in [0.1, 0.15) is 0 Å². The van der Waals surface area contributed by atoms with E-state index in [1.807, 2.05) is 0 Å². The summed E-state index contributed by atoms with van der Waals surface area (Å²) in [5.74, 6) is 0.607. The summed E-state index contributed by atoms with van der Waals surface area (Å²) in [6, 6.07) is 1.12. The molecule has 0 aromatic carbocycles. The van der Waals surface area contributed by atoms with Crippen molar-refractivity contribution in [2.75, 3.05) is 6.54 Å². The number of hydrogen-bond acceptors (Lipinski definition) is 2. The lowest BCUT2D eigenvalue weighted by Crippen LogP contribution is -2.41. The van der Waals surface area contributed by atoms with Crippen molar-refractivity contribution in [1.29, 1.82) is 0 Å². The second kappa shape index (κ2) is 4.07. The van der Waals surface area contributed by atoms with Crippen molar-refractivity contribution in [2.24, 2.45) is 11.7 Å². The molecular weight excluding hydrogens is 136 g/mol. The van der Waals surface area contributed by atoms with Crippen LogP contribution in [0.15, 0.2) is 0 Å². The molecule has 0 aromatic heterocycles. The number of nitrogens with two attached hydrogens (primary N) is 1. The van der Waals surface area contributed by atoms with Gasteiger partial charge in [0, 0.05) is 12.1 Å². The van der Waals surface area contributed by atoms with E-state index < -0.39 is 0 Å². The van der Waals surface area contributed by atoms with Gasteiger partial charge >= 0.3 is 0 Å². The first-order valence-corrected chi connectivity index (χ1v) is 4.69. The Kier molecular flexibility index (Phi) is 3.34. The smallest absolute Gasteiger partial charge is 0.00672 e. The molecule has 66 valence electrons. The van der Waals surface area contributed by atoms with Gasteiger partial charge in [0.15, 0.2) is 0 Å². The minimum atomic E-state index is 0.322. The minimum Gasteiger partial charge on any atom is -0.328 e. The van der Waals surface area contributed by atoms with Crippen LogP contribution in [0.5, 0.6) is 0 Å². The van der Waals surface area contributed by atoms with Crippen molar-refractivity contribution in [3.05, 3.63) is 0 Å². The molecule has 1 aliphatic carbocycles. The zero-order valence-corrected chi connectivity index (χ0v) is 7.64. The monoisotopic (exact) mass is 156 g/mol. The number of rotatable bonds is 4. The molecule has 2 unspecified atom stereocenters. The third-order valence-corrected chi connectivity index (χ3v) is 2.73. The van der Waals surface area contributed by atoms with Crippen molar-refractivity contribution < 1.29 is 0 Å². The fraction of sp³-hybridized carbons (Fsp3) is 1.00. The van der Waals surface area contributed by atoms with E-state index in [9.17, 15) is 0 Å². The van der Waals surface area contributed by atoms with E-state index >= 15 is 0 Å². The average molecular weight is 156 g/mol. The highest BCUT2D eigenvalue weighted by Crippen LogP contribution is 2.18. The van der Waals surface area contributed by atoms with E-state index in [2.05, 4.69) is 19.2 Å². The average Bonchev–Trinajstić information content (AvgIpc) is 1.83. The van der Waals surface area contributed by atoms with E-state index in [0.717, 1.165) is 12.6 Å². The molecule has 11 heavy (non-hydrogen) atoms. The lowest BCUT2D eigenvalue weighted by Gasteiger charge is -2.28. The van der Waals surface area contributed by atoms with Crippen LogP contribution in [-0.4, -0.2) is 18.6 Å². The fourth-order valence-electron chi connectivity index (χ4n) is 1.15. The first-order chi connectivity index (χ1) is 5.20. The Morgan fingerprint density at radius 1 is 1.45 bits per heavy atom. The van der Waals surface area contributed by atoms with Crippen LogP contribution in [-0.2, 0) is 0 Å². The van der Waals surface area contributed by atoms with Gasteiger partial charge in [-0.25, -0.2) is 0 Å². The highest BCUT2D eigenvalue weighted by Gasteiger charge is 2.17. The zero-order valence-electron chi connectivity index (χ0n) is 7.64. The van der Waals surface area contributed by atoms with Crippen LogP contribution in [0.2, 0.25) is 0 Å². The van der Waals surface area contributed by atoms with E-state index in [-0.39, 0.29) is 0 Å². The first kappa shape index (κ1) is 9.01. The Bertz CT molecular complexity index is 108. The molecule has 0 aliphatic heterocycles. The van der Waals surface area contributed by atoms with Gasteiger partial charge in [0.2, 0.25) is 0 Å². The molecule has 1 fully saturated rings. The topological polar surface area (TPSA) is 38.0 Å². The molecule has 0 spiro atoms. The summed E-state index contributed by atoms with van der Waals surface area (Å²) in [4.78, 5) is 0. The summed E-state index contributed by atoms with van der Waals surface area (Å²) in [6.07, 6.45) is 4.14. The van der Waals surface area contributed by atoms with Crippen LogP contribution in [0.4, 0.5) is 0 Å². The van der Waals surface area contributed by atoms with Gasteiger partial charge in [0.05, 0.1) is 0 Å². The molecule has 0 aromatic rings. The van der Waals surface area contributed by atoms with Crippen molar-refractivity contribution in [3.63, 3.8) is 0 Å². The third kappa shape index (κ3) is 2.80. The number of hydrogen-bond donors (Lipinski definition) is 2. The molecule has 1 saturated carbocycles. The molecule has 2 atom stereocenters. The molecule has 0 heterocycles. The third-order valence-electron chi connectivity index (χ3n) is 2.73. The van der Waals surface area contributed by atoms with E-state index in [1.165, 1.54) is 19.3 Å². The number of nitrogens with one attached hydrogen (secondary N) is 1. The standard InChI is InChI=1S/C9H20N2/c1-7(8(2)10)6-11-9-4-3-5-9/h7-9,11H,3-6,10H2,1-2H3. The van der Waals surface area contributed by atoms with Crippen LogP contribution in [0.3, 0.4) is 0 Å². The van der Waals surface area contributed by atoms with Gasteiger partial charge in [-0.1, -0.05) is 13.3 Å². The lowest BCUT2D eigenvalue weighted by atomic mass is 9.92. The molecule has 1 rings (SSSR count). The predicted molar refractivity (Wildman–Crippen MR) is 48.5 cm³/mol. The molecule has 0 radical (unpaired) electrons. The minimum absolute atomic E-state index is 0.322. The summed E-state index contributed by atoms with van der Waals surface area (Å²) in [5.41, 5.74) is 5.74. The Morgan fingerprint density at radius 2 is 2.09 bits per heavy atom. The zero-order chi connectivity index (χ0) is 8.27. The van der Waals surface area contributed by atoms with Crippen LogP contribution in [0, 0.1) is 5.92 Å². The van der Waals surface area contributed by atoms with Gasteiger partial charge in [-0.15, -0.1) is 0 Å². The normalized spacial score (nSPS) is 24.3. The van der Waals surface area contributed by atoms with Crippen LogP contribution in [0.1, 0.15) is 33.1 Å². The maximum atomic E-state index is 5.74. The van der Waals surface area contributed by atoms with Gasteiger partial charge in [0.25, 0.3) is 0 Å². The second-order valence-corrected chi connectivity index (χ2v) is 3.87. The molecule has 2 nitrogen and oxygen atoms in total. The molecule has 1 aliphatic rings. The first-order valence-electron chi connectivity index (χ1n) is 4.69. The van der Waals surface area contributed by atoms with Gasteiger partial charge in [-0.2, -0.15) is 0 Å². The Balaban J connectivity index is 2.01. The molecule has 2 heteroatoms. The Labute approximate surface area is 69.5 Å². The molecule has 0 amide bonds. The molecule has 0 bridgehead atoms. The van der Waals surface area contributed by atoms with Crippen LogP contribution in [0.25, 0.3) is 0 Å². The fourth-order valence-corrected chi connectivity index (χ4v) is 1.15. The lowest BCUT2D eigenvalue weighted by molar-refractivity contribution is 0.311. The molecule has 0 saturated heterocycles. The van der Waals surface area contributed by atoms with E-state index in [1.54, 1.807) is 0 Å². The van der Waals surface area contributed by atoms with Gasteiger partial charge < -0.3 is 11.1 Å². The van der Waals surface area contributed by atoms with Crippen molar-refractivity contribution in [1.82, 2.24) is 5.32 Å². The summed E-state index contributed by atoms with van der Waals surface area (Å²) in [6.45, 7) is 5.37. The van der Waals surface area contributed by atoms with Crippen molar-refractivity contribution in [3.8, 4) is 0 Å². The van der Waals surface area contributed by atoms with Gasteiger partial charge in [-0.05, 0) is 32.2 Å². The highest BCUT2D eigenvalue weighted by molar-refractivity contribution is 4.78. The maximum Gasteiger partial charge on any atom is 0.00672 e. The van der Waals surface area contributed by atoms with Gasteiger partial charge in [-0.3, -0.25) is 0 Å². The van der Waals surface area contributed by atoms with Crippen LogP contribution >= 0.6 is 0 Å². The summed E-state index contributed by atoms with van der Waals surface area (Å²) >= 11 is 0. The van der Waals surface area contributed by atoms with Crippen molar-refractivity contribution in [2.45, 2.75) is 45.2 Å². The van der Waals surface area contributed by atoms with Crippen molar-refractivity contribution >= 4 is 0 Å². The predicted octanol–water partition coefficient (Wildman–Crippen LogP) is 1.11. The summed E-state index contributed by atoms with van der Waals surface area (Å²) in [7, 11) is 0. The van der Waals surface area contributed by atoms with E-state index in [4.69, 9.17) is 5.73 Å². The molecular formula is C9H20N2. The summed E-state index contributed by atoms with van der Waals surface area (Å²) in [5, 5.41) is 3.52. The largest absolute Gasteiger partial charge is 0.328 e.